The molecule has 1 aromatic carbocycles. The van der Waals surface area contributed by atoms with Crippen LogP contribution in [0.5, 0.6) is 5.75 Å². The monoisotopic (exact) mass is 299 g/mol. The van der Waals surface area contributed by atoms with Crippen LogP contribution in [0, 0.1) is 13.8 Å². The van der Waals surface area contributed by atoms with E-state index in [1.807, 2.05) is 11.3 Å². The molecule has 0 spiro atoms. The van der Waals surface area contributed by atoms with Crippen LogP contribution in [0.1, 0.15) is 38.0 Å². The summed E-state index contributed by atoms with van der Waals surface area (Å²) in [6.07, 6.45) is 2.31. The highest BCUT2D eigenvalue weighted by molar-refractivity contribution is 7.12. The molecule has 0 fully saturated rings. The number of ether oxygens (including phenoxy) is 1. The highest BCUT2D eigenvalue weighted by atomic mass is 32.1. The van der Waals surface area contributed by atoms with Crippen molar-refractivity contribution in [3.05, 3.63) is 50.2 Å². The Labute approximate surface area is 130 Å². The fraction of sp³-hybridized carbons (Fsp3) is 0.444. The lowest BCUT2D eigenvalue weighted by molar-refractivity contribution is 0.162. The van der Waals surface area contributed by atoms with Crippen LogP contribution in [-0.2, 0) is 19.4 Å². The number of hydrogen-bond donors (Lipinski definition) is 0. The standard InChI is InChI=1S/C18H21NOS/c1-11-12(2)21-18-9-17-15-5-4-14(20-3)8-13(15)6-7-19(17)10-16(11)18/h4-5,8,17H,6-7,9-10H2,1-3H3. The van der Waals surface area contributed by atoms with Crippen LogP contribution < -0.4 is 4.74 Å². The normalized spacial score (nSPS) is 20.6. The van der Waals surface area contributed by atoms with Crippen LogP contribution >= 0.6 is 11.3 Å². The van der Waals surface area contributed by atoms with Crippen molar-refractivity contribution in [3.8, 4) is 5.75 Å². The van der Waals surface area contributed by atoms with Gasteiger partial charge in [0.15, 0.2) is 0 Å². The van der Waals surface area contributed by atoms with E-state index < -0.39 is 0 Å². The molecule has 0 saturated carbocycles. The molecule has 0 amide bonds. The molecule has 4 rings (SSSR count). The van der Waals surface area contributed by atoms with E-state index in [1.165, 1.54) is 34.5 Å². The van der Waals surface area contributed by atoms with Crippen molar-refractivity contribution >= 4 is 11.3 Å². The first kappa shape index (κ1) is 13.4. The first-order valence-electron chi connectivity index (χ1n) is 7.66. The molecule has 110 valence electrons. The molecule has 0 radical (unpaired) electrons. The van der Waals surface area contributed by atoms with E-state index in [0.717, 1.165) is 18.7 Å². The number of nitrogens with zero attached hydrogens (tertiary/aromatic N) is 1. The maximum absolute atomic E-state index is 5.38. The van der Waals surface area contributed by atoms with E-state index in [-0.39, 0.29) is 0 Å². The number of benzene rings is 1. The molecule has 2 aliphatic heterocycles. The fourth-order valence-corrected chi connectivity index (χ4v) is 5.02. The summed E-state index contributed by atoms with van der Waals surface area (Å²) < 4.78 is 5.38. The van der Waals surface area contributed by atoms with Gasteiger partial charge in [0.1, 0.15) is 5.75 Å². The largest absolute Gasteiger partial charge is 0.497 e. The number of methoxy groups -OCH3 is 1. The number of thiophene rings is 1. The van der Waals surface area contributed by atoms with E-state index in [0.29, 0.717) is 6.04 Å². The Bertz CT molecular complexity index is 703. The lowest BCUT2D eigenvalue weighted by atomic mass is 9.86. The zero-order chi connectivity index (χ0) is 14.6. The molecule has 0 N–H and O–H groups in total. The Balaban J connectivity index is 1.75. The van der Waals surface area contributed by atoms with Crippen molar-refractivity contribution in [1.82, 2.24) is 4.90 Å². The average Bonchev–Trinajstić information content (AvgIpc) is 2.79. The van der Waals surface area contributed by atoms with E-state index >= 15 is 0 Å². The van der Waals surface area contributed by atoms with Gasteiger partial charge in [0.25, 0.3) is 0 Å². The average molecular weight is 299 g/mol. The Hall–Kier alpha value is -1.32. The predicted molar refractivity (Wildman–Crippen MR) is 87.3 cm³/mol. The molecule has 2 nitrogen and oxygen atoms in total. The van der Waals surface area contributed by atoms with Crippen LogP contribution in [-0.4, -0.2) is 18.6 Å². The lowest BCUT2D eigenvalue weighted by Crippen LogP contribution is -2.39. The fourth-order valence-electron chi connectivity index (χ4n) is 3.79. The summed E-state index contributed by atoms with van der Waals surface area (Å²) in [5.74, 6) is 0.988. The van der Waals surface area contributed by atoms with Gasteiger partial charge in [-0.15, -0.1) is 11.3 Å². The maximum atomic E-state index is 5.38. The van der Waals surface area contributed by atoms with E-state index in [1.54, 1.807) is 17.6 Å². The smallest absolute Gasteiger partial charge is 0.119 e. The summed E-state index contributed by atoms with van der Waals surface area (Å²) in [5.41, 5.74) is 6.11. The van der Waals surface area contributed by atoms with Gasteiger partial charge in [-0.3, -0.25) is 4.90 Å². The van der Waals surface area contributed by atoms with Gasteiger partial charge in [-0.25, -0.2) is 0 Å². The molecule has 2 aliphatic rings. The number of rotatable bonds is 1. The first-order valence-corrected chi connectivity index (χ1v) is 8.47. The van der Waals surface area contributed by atoms with Crippen LogP contribution in [0.3, 0.4) is 0 Å². The zero-order valence-corrected chi connectivity index (χ0v) is 13.7. The predicted octanol–water partition coefficient (Wildman–Crippen LogP) is 4.03. The summed E-state index contributed by atoms with van der Waals surface area (Å²) in [7, 11) is 1.75. The molecular weight excluding hydrogens is 278 g/mol. The molecule has 2 aromatic rings. The molecular formula is C18H21NOS. The molecule has 1 atom stereocenters. The minimum Gasteiger partial charge on any atom is -0.497 e. The second-order valence-electron chi connectivity index (χ2n) is 6.19. The number of fused-ring (bicyclic) bond motifs is 4. The van der Waals surface area contributed by atoms with Crippen molar-refractivity contribution in [3.63, 3.8) is 0 Å². The summed E-state index contributed by atoms with van der Waals surface area (Å²) >= 11 is 2.00. The Morgan fingerprint density at radius 2 is 2.14 bits per heavy atom. The van der Waals surface area contributed by atoms with Gasteiger partial charge in [-0.05, 0) is 54.7 Å². The third kappa shape index (κ3) is 2.02. The lowest BCUT2D eigenvalue weighted by Gasteiger charge is -2.40. The molecule has 0 aliphatic carbocycles. The Morgan fingerprint density at radius 1 is 1.29 bits per heavy atom. The van der Waals surface area contributed by atoms with Crippen molar-refractivity contribution in [1.29, 1.82) is 0 Å². The van der Waals surface area contributed by atoms with E-state index in [2.05, 4.69) is 36.9 Å². The molecule has 21 heavy (non-hydrogen) atoms. The minimum atomic E-state index is 0.560. The zero-order valence-electron chi connectivity index (χ0n) is 12.9. The second kappa shape index (κ2) is 4.85. The Kier molecular flexibility index (Phi) is 3.09. The van der Waals surface area contributed by atoms with Gasteiger partial charge in [-0.1, -0.05) is 6.07 Å². The molecule has 3 heterocycles. The minimum absolute atomic E-state index is 0.560. The quantitative estimate of drug-likeness (QED) is 0.788. The summed E-state index contributed by atoms with van der Waals surface area (Å²) in [4.78, 5) is 5.76. The van der Waals surface area contributed by atoms with Crippen molar-refractivity contribution in [2.24, 2.45) is 0 Å². The van der Waals surface area contributed by atoms with Gasteiger partial charge in [-0.2, -0.15) is 0 Å². The van der Waals surface area contributed by atoms with Crippen LogP contribution in [0.4, 0.5) is 0 Å². The second-order valence-corrected chi connectivity index (χ2v) is 7.50. The molecule has 1 unspecified atom stereocenters. The van der Waals surface area contributed by atoms with Gasteiger partial charge in [0, 0.05) is 35.3 Å². The summed E-state index contributed by atoms with van der Waals surface area (Å²) in [6, 6.07) is 7.18. The molecule has 0 saturated heterocycles. The van der Waals surface area contributed by atoms with E-state index in [9.17, 15) is 0 Å². The van der Waals surface area contributed by atoms with E-state index in [4.69, 9.17) is 4.74 Å². The number of aryl methyl sites for hydroxylation is 1. The van der Waals surface area contributed by atoms with Crippen LogP contribution in [0.2, 0.25) is 0 Å². The van der Waals surface area contributed by atoms with Crippen molar-refractivity contribution < 1.29 is 4.74 Å². The molecule has 0 bridgehead atoms. The van der Waals surface area contributed by atoms with Gasteiger partial charge >= 0.3 is 0 Å². The first-order chi connectivity index (χ1) is 10.2. The Morgan fingerprint density at radius 3 is 2.95 bits per heavy atom. The summed E-state index contributed by atoms with van der Waals surface area (Å²) in [6.45, 7) is 6.84. The van der Waals surface area contributed by atoms with Crippen molar-refractivity contribution in [2.45, 2.75) is 39.3 Å². The van der Waals surface area contributed by atoms with Gasteiger partial charge < -0.3 is 4.74 Å². The third-order valence-corrected chi connectivity index (χ3v) is 6.42. The van der Waals surface area contributed by atoms with Crippen LogP contribution in [0.15, 0.2) is 18.2 Å². The van der Waals surface area contributed by atoms with Gasteiger partial charge in [0.2, 0.25) is 0 Å². The SMILES string of the molecule is COc1ccc2c(c1)CCN1Cc3c(sc(C)c3C)CC21. The highest BCUT2D eigenvalue weighted by Gasteiger charge is 2.33. The summed E-state index contributed by atoms with van der Waals surface area (Å²) in [5, 5.41) is 0. The van der Waals surface area contributed by atoms with Crippen molar-refractivity contribution in [2.75, 3.05) is 13.7 Å². The van der Waals surface area contributed by atoms with Gasteiger partial charge in [0.05, 0.1) is 7.11 Å². The number of hydrogen-bond acceptors (Lipinski definition) is 3. The van der Waals surface area contributed by atoms with Crippen LogP contribution in [0.25, 0.3) is 0 Å². The third-order valence-electron chi connectivity index (χ3n) is 5.15. The maximum Gasteiger partial charge on any atom is 0.119 e. The topological polar surface area (TPSA) is 12.5 Å². The molecule has 3 heteroatoms. The molecule has 1 aromatic heterocycles. The highest BCUT2D eigenvalue weighted by Crippen LogP contribution is 2.42.